The van der Waals surface area contributed by atoms with Crippen LogP contribution in [0.4, 0.5) is 10.3 Å². The number of benzene rings is 2. The highest BCUT2D eigenvalue weighted by molar-refractivity contribution is 7.89. The molecule has 12 heteroatoms. The van der Waals surface area contributed by atoms with Gasteiger partial charge in [0.25, 0.3) is 0 Å². The van der Waals surface area contributed by atoms with Crippen LogP contribution >= 0.6 is 11.6 Å². The minimum absolute atomic E-state index is 0.183. The summed E-state index contributed by atoms with van der Waals surface area (Å²) >= 11 is 5.93. The van der Waals surface area contributed by atoms with E-state index in [1.807, 2.05) is 0 Å². The predicted octanol–water partition coefficient (Wildman–Crippen LogP) is 5.11. The van der Waals surface area contributed by atoms with Gasteiger partial charge in [0.15, 0.2) is 0 Å². The molecule has 0 unspecified atom stereocenters. The van der Waals surface area contributed by atoms with Crippen LogP contribution in [-0.4, -0.2) is 51.2 Å². The average molecular weight is 553 g/mol. The van der Waals surface area contributed by atoms with Crippen LogP contribution in [0.2, 0.25) is 5.02 Å². The van der Waals surface area contributed by atoms with Crippen molar-refractivity contribution in [2.45, 2.75) is 23.8 Å². The van der Waals surface area contributed by atoms with Gasteiger partial charge in [0.1, 0.15) is 23.5 Å². The first kappa shape index (κ1) is 24.5. The third-order valence-corrected chi connectivity index (χ3v) is 8.58. The zero-order valence-corrected chi connectivity index (χ0v) is 21.5. The molecule has 0 saturated carbocycles. The number of hydrogen-bond acceptors (Lipinski definition) is 7. The second kappa shape index (κ2) is 9.82. The first-order valence-electron chi connectivity index (χ1n) is 12.0. The molecule has 1 saturated heterocycles. The van der Waals surface area contributed by atoms with E-state index in [0.717, 1.165) is 6.42 Å². The first-order valence-corrected chi connectivity index (χ1v) is 13.8. The van der Waals surface area contributed by atoms with Gasteiger partial charge >= 0.3 is 5.84 Å². The highest BCUT2D eigenvalue weighted by Crippen LogP contribution is 2.33. The van der Waals surface area contributed by atoms with Crippen molar-refractivity contribution in [3.8, 4) is 22.6 Å². The van der Waals surface area contributed by atoms with Gasteiger partial charge in [-0.05, 0) is 67.4 Å². The number of rotatable bonds is 6. The summed E-state index contributed by atoms with van der Waals surface area (Å²) in [6.45, 7) is 0.706. The van der Waals surface area contributed by atoms with E-state index in [1.165, 1.54) is 34.8 Å². The molecule has 1 N–H and O–H groups in total. The minimum atomic E-state index is -3.66. The van der Waals surface area contributed by atoms with Gasteiger partial charge in [0.05, 0.1) is 10.6 Å². The summed E-state index contributed by atoms with van der Waals surface area (Å²) in [6.07, 6.45) is 6.35. The van der Waals surface area contributed by atoms with Gasteiger partial charge in [-0.15, -0.1) is 0 Å². The van der Waals surface area contributed by atoms with E-state index in [4.69, 9.17) is 21.0 Å². The van der Waals surface area contributed by atoms with E-state index >= 15 is 0 Å². The molecule has 0 spiro atoms. The van der Waals surface area contributed by atoms with Gasteiger partial charge in [-0.3, -0.25) is 4.40 Å². The molecule has 38 heavy (non-hydrogen) atoms. The molecule has 0 radical (unpaired) electrons. The van der Waals surface area contributed by atoms with Gasteiger partial charge in [-0.25, -0.2) is 22.8 Å². The maximum Gasteiger partial charge on any atom is 0.306 e. The molecule has 6 rings (SSSR count). The highest BCUT2D eigenvalue weighted by Gasteiger charge is 2.30. The van der Waals surface area contributed by atoms with Crippen LogP contribution in [-0.2, 0) is 10.0 Å². The fourth-order valence-corrected chi connectivity index (χ4v) is 6.27. The number of piperidine rings is 1. The summed E-state index contributed by atoms with van der Waals surface area (Å²) in [7, 11) is -3.66. The fourth-order valence-electron chi connectivity index (χ4n) is 4.62. The monoisotopic (exact) mass is 552 g/mol. The fraction of sp³-hybridized carbons (Fsp3) is 0.192. The molecule has 2 aromatic carbocycles. The average Bonchev–Trinajstić information content (AvgIpc) is 3.51. The molecule has 1 fully saturated rings. The van der Waals surface area contributed by atoms with Crippen molar-refractivity contribution in [3.63, 3.8) is 0 Å². The molecule has 1 atom stereocenters. The van der Waals surface area contributed by atoms with Crippen LogP contribution in [0.1, 0.15) is 12.8 Å². The van der Waals surface area contributed by atoms with E-state index in [2.05, 4.69) is 15.3 Å². The lowest BCUT2D eigenvalue weighted by atomic mass is 10.1. The largest absolute Gasteiger partial charge is 0.432 e. The van der Waals surface area contributed by atoms with Crippen molar-refractivity contribution >= 4 is 33.4 Å². The van der Waals surface area contributed by atoms with Crippen LogP contribution in [0.5, 0.6) is 0 Å². The Hall–Kier alpha value is -3.80. The molecule has 0 aliphatic carbocycles. The Kier molecular flexibility index (Phi) is 6.34. The van der Waals surface area contributed by atoms with Gasteiger partial charge in [-0.1, -0.05) is 11.6 Å². The van der Waals surface area contributed by atoms with Crippen molar-refractivity contribution in [3.05, 3.63) is 84.1 Å². The molecule has 3 aromatic heterocycles. The molecule has 5 aromatic rings. The summed E-state index contributed by atoms with van der Waals surface area (Å²) in [5.74, 6) is 0.399. The number of fused-ring (bicyclic) bond motifs is 1. The Morgan fingerprint density at radius 3 is 2.63 bits per heavy atom. The molecule has 0 bridgehead atoms. The summed E-state index contributed by atoms with van der Waals surface area (Å²) < 4.78 is 48.6. The topological polar surface area (TPSA) is 106 Å². The van der Waals surface area contributed by atoms with Crippen LogP contribution in [0, 0.1) is 5.82 Å². The number of anilines is 1. The Morgan fingerprint density at radius 1 is 1.05 bits per heavy atom. The second-order valence-corrected chi connectivity index (χ2v) is 11.3. The lowest BCUT2D eigenvalue weighted by Crippen LogP contribution is -2.45. The number of nitrogens with zero attached hydrogens (tertiary/aromatic N) is 5. The van der Waals surface area contributed by atoms with Crippen molar-refractivity contribution < 1.29 is 17.2 Å². The van der Waals surface area contributed by atoms with Crippen LogP contribution in [0.3, 0.4) is 0 Å². The minimum Gasteiger partial charge on any atom is -0.432 e. The van der Waals surface area contributed by atoms with Crippen LogP contribution in [0.15, 0.2) is 82.6 Å². The SMILES string of the molecule is O=S(=O)(c1ccc(Cl)cc1)N1CCC[C@@H](Nc2nccc(-c3c(-c4ccc(F)cc4)nc4occn34)n2)C1. The quantitative estimate of drug-likeness (QED) is 0.312. The Labute approximate surface area is 223 Å². The normalized spacial score (nSPS) is 16.6. The van der Waals surface area contributed by atoms with Crippen LogP contribution < -0.4 is 5.32 Å². The molecule has 194 valence electrons. The summed E-state index contributed by atoms with van der Waals surface area (Å²) in [4.78, 5) is 13.9. The van der Waals surface area contributed by atoms with E-state index in [-0.39, 0.29) is 23.3 Å². The molecule has 0 amide bonds. The number of sulfonamides is 1. The Balaban J connectivity index is 1.27. The number of halogens is 2. The third-order valence-electron chi connectivity index (χ3n) is 6.45. The maximum absolute atomic E-state index is 13.5. The smallest absolute Gasteiger partial charge is 0.306 e. The van der Waals surface area contributed by atoms with E-state index in [1.54, 1.807) is 47.1 Å². The first-order chi connectivity index (χ1) is 18.4. The standard InChI is InChI=1S/C26H22ClFN6O3S/c27-18-5-9-21(10-6-18)38(35,36)33-13-1-2-20(16-33)30-25-29-12-11-22(31-25)24-23(17-3-7-19(28)8-4-17)32-26-34(24)14-15-37-26/h3-12,14-15,20H,1-2,13,16H2,(H,29,30,31)/t20-/m1/s1. The Morgan fingerprint density at radius 2 is 1.84 bits per heavy atom. The highest BCUT2D eigenvalue weighted by atomic mass is 35.5. The number of imidazole rings is 1. The number of aromatic nitrogens is 4. The molecule has 9 nitrogen and oxygen atoms in total. The van der Waals surface area contributed by atoms with Gasteiger partial charge < -0.3 is 9.73 Å². The summed E-state index contributed by atoms with van der Waals surface area (Å²) in [5, 5.41) is 3.78. The molecule has 4 heterocycles. The van der Waals surface area contributed by atoms with Gasteiger partial charge in [-0.2, -0.15) is 9.29 Å². The van der Waals surface area contributed by atoms with Crippen molar-refractivity contribution in [1.29, 1.82) is 0 Å². The lowest BCUT2D eigenvalue weighted by Gasteiger charge is -2.32. The Bertz CT molecular complexity index is 1700. The van der Waals surface area contributed by atoms with E-state index < -0.39 is 10.0 Å². The van der Waals surface area contributed by atoms with Gasteiger partial charge in [0.2, 0.25) is 16.0 Å². The third kappa shape index (κ3) is 4.64. The lowest BCUT2D eigenvalue weighted by molar-refractivity contribution is 0.326. The molecule has 1 aliphatic rings. The molecule has 1 aliphatic heterocycles. The number of oxazole rings is 1. The van der Waals surface area contributed by atoms with Crippen molar-refractivity contribution in [1.82, 2.24) is 23.7 Å². The van der Waals surface area contributed by atoms with E-state index in [0.29, 0.717) is 52.4 Å². The zero-order valence-electron chi connectivity index (χ0n) is 20.0. The van der Waals surface area contributed by atoms with Crippen LogP contribution in [0.25, 0.3) is 28.5 Å². The summed E-state index contributed by atoms with van der Waals surface area (Å²) in [6, 6.07) is 13.8. The number of nitrogens with one attached hydrogen (secondary N) is 1. The van der Waals surface area contributed by atoms with Crippen molar-refractivity contribution in [2.75, 3.05) is 18.4 Å². The summed E-state index contributed by atoms with van der Waals surface area (Å²) in [5.41, 5.74) is 2.55. The molecular formula is C26H22ClFN6O3S. The zero-order chi connectivity index (χ0) is 26.3. The molecular weight excluding hydrogens is 531 g/mol. The maximum atomic E-state index is 13.5. The number of hydrogen-bond donors (Lipinski definition) is 1. The van der Waals surface area contributed by atoms with Gasteiger partial charge in [0, 0.05) is 42.1 Å². The second-order valence-electron chi connectivity index (χ2n) is 8.94. The van der Waals surface area contributed by atoms with Crippen molar-refractivity contribution in [2.24, 2.45) is 0 Å². The predicted molar refractivity (Wildman–Crippen MR) is 141 cm³/mol. The van der Waals surface area contributed by atoms with E-state index in [9.17, 15) is 12.8 Å².